The normalized spacial score (nSPS) is 23.2. The van der Waals surface area contributed by atoms with Crippen LogP contribution >= 0.6 is 0 Å². The van der Waals surface area contributed by atoms with Gasteiger partial charge >= 0.3 is 0 Å². The lowest BCUT2D eigenvalue weighted by Gasteiger charge is -2.41. The fourth-order valence-corrected chi connectivity index (χ4v) is 2.50. The van der Waals surface area contributed by atoms with Gasteiger partial charge in [0.25, 0.3) is 0 Å². The van der Waals surface area contributed by atoms with E-state index < -0.39 is 5.60 Å². The first-order chi connectivity index (χ1) is 8.30. The van der Waals surface area contributed by atoms with Gasteiger partial charge in [0.05, 0.1) is 13.2 Å². The van der Waals surface area contributed by atoms with Gasteiger partial charge in [-0.2, -0.15) is 0 Å². The molecule has 17 heavy (non-hydrogen) atoms. The molecule has 2 saturated heterocycles. The van der Waals surface area contributed by atoms with Crippen LogP contribution in [0.2, 0.25) is 0 Å². The van der Waals surface area contributed by atoms with Gasteiger partial charge in [-0.05, 0) is 6.07 Å². The van der Waals surface area contributed by atoms with E-state index in [1.165, 1.54) is 0 Å². The SMILES string of the molecule is OC1(c2ccccc2N2CCOCC2)CNC1. The Labute approximate surface area is 101 Å². The minimum absolute atomic E-state index is 0.647. The van der Waals surface area contributed by atoms with E-state index in [9.17, 15) is 5.11 Å². The Hall–Kier alpha value is -1.10. The van der Waals surface area contributed by atoms with Gasteiger partial charge in [0.1, 0.15) is 5.60 Å². The Kier molecular flexibility index (Phi) is 2.78. The summed E-state index contributed by atoms with van der Waals surface area (Å²) in [6.07, 6.45) is 0. The minimum Gasteiger partial charge on any atom is -0.382 e. The maximum atomic E-state index is 10.5. The zero-order valence-electron chi connectivity index (χ0n) is 9.85. The Morgan fingerprint density at radius 1 is 1.18 bits per heavy atom. The molecule has 2 aliphatic heterocycles. The highest BCUT2D eigenvalue weighted by atomic mass is 16.5. The average molecular weight is 234 g/mol. The molecule has 0 bridgehead atoms. The molecule has 2 fully saturated rings. The van der Waals surface area contributed by atoms with E-state index in [0.29, 0.717) is 13.1 Å². The van der Waals surface area contributed by atoms with Crippen LogP contribution in [-0.2, 0) is 10.3 Å². The van der Waals surface area contributed by atoms with E-state index in [-0.39, 0.29) is 0 Å². The second-order valence-corrected chi connectivity index (χ2v) is 4.75. The molecular formula is C13H18N2O2. The van der Waals surface area contributed by atoms with Crippen molar-refractivity contribution in [1.29, 1.82) is 0 Å². The van der Waals surface area contributed by atoms with E-state index in [1.807, 2.05) is 18.2 Å². The van der Waals surface area contributed by atoms with Crippen molar-refractivity contribution in [2.75, 3.05) is 44.3 Å². The smallest absolute Gasteiger partial charge is 0.116 e. The molecule has 2 heterocycles. The molecule has 0 radical (unpaired) electrons. The summed E-state index contributed by atoms with van der Waals surface area (Å²) in [6, 6.07) is 8.15. The summed E-state index contributed by atoms with van der Waals surface area (Å²) in [5.74, 6) is 0. The highest BCUT2D eigenvalue weighted by Gasteiger charge is 2.38. The van der Waals surface area contributed by atoms with Gasteiger partial charge in [0.15, 0.2) is 0 Å². The van der Waals surface area contributed by atoms with Crippen molar-refractivity contribution in [2.45, 2.75) is 5.60 Å². The lowest BCUT2D eigenvalue weighted by molar-refractivity contribution is -0.0144. The second-order valence-electron chi connectivity index (χ2n) is 4.75. The van der Waals surface area contributed by atoms with E-state index in [1.54, 1.807) is 0 Å². The average Bonchev–Trinajstić information content (AvgIpc) is 2.37. The summed E-state index contributed by atoms with van der Waals surface area (Å²) in [6.45, 7) is 4.64. The third-order valence-corrected chi connectivity index (χ3v) is 3.59. The van der Waals surface area contributed by atoms with Crippen LogP contribution in [0.3, 0.4) is 0 Å². The number of hydrogen-bond acceptors (Lipinski definition) is 4. The summed E-state index contributed by atoms with van der Waals surface area (Å²) < 4.78 is 5.37. The number of aliphatic hydroxyl groups is 1. The maximum absolute atomic E-state index is 10.5. The molecule has 3 rings (SSSR count). The van der Waals surface area contributed by atoms with Crippen molar-refractivity contribution >= 4 is 5.69 Å². The first-order valence-electron chi connectivity index (χ1n) is 6.15. The first kappa shape index (κ1) is 11.0. The van der Waals surface area contributed by atoms with Crippen LogP contribution < -0.4 is 10.2 Å². The molecule has 0 spiro atoms. The summed E-state index contributed by atoms with van der Waals surface area (Å²) in [7, 11) is 0. The molecule has 0 unspecified atom stereocenters. The lowest BCUT2D eigenvalue weighted by Crippen LogP contribution is -2.57. The summed E-state index contributed by atoms with van der Waals surface area (Å²) in [5.41, 5.74) is 1.51. The van der Waals surface area contributed by atoms with Crippen LogP contribution in [0.15, 0.2) is 24.3 Å². The topological polar surface area (TPSA) is 44.7 Å². The zero-order valence-corrected chi connectivity index (χ0v) is 9.85. The predicted molar refractivity (Wildman–Crippen MR) is 66.2 cm³/mol. The number of morpholine rings is 1. The summed E-state index contributed by atoms with van der Waals surface area (Å²) >= 11 is 0. The fourth-order valence-electron chi connectivity index (χ4n) is 2.50. The maximum Gasteiger partial charge on any atom is 0.116 e. The Morgan fingerprint density at radius 3 is 2.53 bits per heavy atom. The number of rotatable bonds is 2. The molecule has 0 atom stereocenters. The quantitative estimate of drug-likeness (QED) is 0.773. The van der Waals surface area contributed by atoms with E-state index in [4.69, 9.17) is 4.74 Å². The molecule has 1 aromatic rings. The van der Waals surface area contributed by atoms with Gasteiger partial charge in [-0.15, -0.1) is 0 Å². The molecule has 0 aliphatic carbocycles. The number of nitrogens with one attached hydrogen (secondary N) is 1. The number of nitrogens with zero attached hydrogens (tertiary/aromatic N) is 1. The summed E-state index contributed by atoms with van der Waals surface area (Å²) in [5, 5.41) is 13.6. The lowest BCUT2D eigenvalue weighted by atomic mass is 9.86. The summed E-state index contributed by atoms with van der Waals surface area (Å²) in [4.78, 5) is 2.30. The Balaban J connectivity index is 1.92. The van der Waals surface area contributed by atoms with Gasteiger partial charge in [0.2, 0.25) is 0 Å². The molecule has 0 amide bonds. The first-order valence-corrected chi connectivity index (χ1v) is 6.15. The largest absolute Gasteiger partial charge is 0.382 e. The zero-order chi connectivity index (χ0) is 11.7. The van der Waals surface area contributed by atoms with E-state index in [0.717, 1.165) is 37.6 Å². The van der Waals surface area contributed by atoms with Gasteiger partial charge < -0.3 is 20.1 Å². The number of β-amino-alcohol motifs (C(OH)–C–C–N with tert-alkyl or cyclic N) is 1. The highest BCUT2D eigenvalue weighted by Crippen LogP contribution is 2.33. The van der Waals surface area contributed by atoms with Crippen molar-refractivity contribution < 1.29 is 9.84 Å². The van der Waals surface area contributed by atoms with Gasteiger partial charge in [0, 0.05) is 37.4 Å². The molecule has 0 saturated carbocycles. The van der Waals surface area contributed by atoms with Gasteiger partial charge in [-0.1, -0.05) is 18.2 Å². The molecule has 2 N–H and O–H groups in total. The van der Waals surface area contributed by atoms with Crippen LogP contribution in [0.1, 0.15) is 5.56 Å². The predicted octanol–water partition coefficient (Wildman–Crippen LogP) is 0.314. The molecule has 0 aromatic heterocycles. The van der Waals surface area contributed by atoms with E-state index in [2.05, 4.69) is 16.3 Å². The van der Waals surface area contributed by atoms with Crippen LogP contribution in [-0.4, -0.2) is 44.5 Å². The van der Waals surface area contributed by atoms with Gasteiger partial charge in [-0.3, -0.25) is 0 Å². The van der Waals surface area contributed by atoms with Gasteiger partial charge in [-0.25, -0.2) is 0 Å². The fraction of sp³-hybridized carbons (Fsp3) is 0.538. The van der Waals surface area contributed by atoms with Crippen LogP contribution in [0.5, 0.6) is 0 Å². The standard InChI is InChI=1S/C13H18N2O2/c16-13(9-14-10-13)11-3-1-2-4-12(11)15-5-7-17-8-6-15/h1-4,14,16H,5-10H2. The molecule has 4 heteroatoms. The second kappa shape index (κ2) is 4.29. The third-order valence-electron chi connectivity index (χ3n) is 3.59. The molecular weight excluding hydrogens is 216 g/mol. The Morgan fingerprint density at radius 2 is 1.88 bits per heavy atom. The van der Waals surface area contributed by atoms with Crippen molar-refractivity contribution in [3.8, 4) is 0 Å². The van der Waals surface area contributed by atoms with Crippen molar-refractivity contribution in [3.63, 3.8) is 0 Å². The molecule has 2 aliphatic rings. The minimum atomic E-state index is -0.686. The van der Waals surface area contributed by atoms with Crippen LogP contribution in [0.25, 0.3) is 0 Å². The number of hydrogen-bond donors (Lipinski definition) is 2. The highest BCUT2D eigenvalue weighted by molar-refractivity contribution is 5.57. The number of benzene rings is 1. The third kappa shape index (κ3) is 1.92. The van der Waals surface area contributed by atoms with Crippen LogP contribution in [0, 0.1) is 0 Å². The molecule has 92 valence electrons. The molecule has 4 nitrogen and oxygen atoms in total. The molecule has 1 aromatic carbocycles. The monoisotopic (exact) mass is 234 g/mol. The Bertz CT molecular complexity index is 398. The van der Waals surface area contributed by atoms with E-state index >= 15 is 0 Å². The van der Waals surface area contributed by atoms with Crippen molar-refractivity contribution in [2.24, 2.45) is 0 Å². The number of anilines is 1. The number of para-hydroxylation sites is 1. The van der Waals surface area contributed by atoms with Crippen molar-refractivity contribution in [3.05, 3.63) is 29.8 Å². The van der Waals surface area contributed by atoms with Crippen LogP contribution in [0.4, 0.5) is 5.69 Å². The number of ether oxygens (including phenoxy) is 1. The van der Waals surface area contributed by atoms with Crippen molar-refractivity contribution in [1.82, 2.24) is 5.32 Å².